The number of anilines is 1. The quantitative estimate of drug-likeness (QED) is 0.806. The minimum atomic E-state index is -0.473. The van der Waals surface area contributed by atoms with Gasteiger partial charge < -0.3 is 9.88 Å². The number of hydrogen-bond acceptors (Lipinski definition) is 2. The van der Waals surface area contributed by atoms with Gasteiger partial charge >= 0.3 is 0 Å². The molecule has 116 valence electrons. The van der Waals surface area contributed by atoms with Crippen LogP contribution in [0.25, 0.3) is 10.8 Å². The van der Waals surface area contributed by atoms with Crippen LogP contribution < -0.4 is 10.9 Å². The van der Waals surface area contributed by atoms with Crippen LogP contribution in [0, 0.1) is 5.82 Å². The number of carbonyl (C=O) groups is 1. The first kappa shape index (κ1) is 15.0. The van der Waals surface area contributed by atoms with E-state index in [1.54, 1.807) is 25.1 Å². The maximum Gasteiger partial charge on any atom is 0.272 e. The van der Waals surface area contributed by atoms with E-state index in [1.807, 2.05) is 18.2 Å². The van der Waals surface area contributed by atoms with Gasteiger partial charge in [0.1, 0.15) is 11.5 Å². The van der Waals surface area contributed by atoms with E-state index in [4.69, 9.17) is 0 Å². The summed E-state index contributed by atoms with van der Waals surface area (Å²) < 4.78 is 14.7. The summed E-state index contributed by atoms with van der Waals surface area (Å²) in [4.78, 5) is 25.0. The van der Waals surface area contributed by atoms with Gasteiger partial charge in [-0.15, -0.1) is 0 Å². The third-order valence-corrected chi connectivity index (χ3v) is 3.65. The summed E-state index contributed by atoms with van der Waals surface area (Å²) in [5, 5.41) is 3.57. The molecule has 5 heteroatoms. The molecule has 0 saturated heterocycles. The van der Waals surface area contributed by atoms with Gasteiger partial charge in [-0.2, -0.15) is 0 Å². The predicted octanol–water partition coefficient (Wildman–Crippen LogP) is 3.41. The first-order valence-electron chi connectivity index (χ1n) is 7.29. The molecule has 0 bridgehead atoms. The standard InChI is InChI=1S/C18H15FN2O2/c1-2-21-16(17(22)20-14-6-4-3-5-7-14)10-12-8-9-13(19)11-15(12)18(21)23/h3-11H,2H2,1H3,(H,20,22). The lowest BCUT2D eigenvalue weighted by Crippen LogP contribution is -2.28. The highest BCUT2D eigenvalue weighted by molar-refractivity contribution is 6.05. The van der Waals surface area contributed by atoms with Crippen molar-refractivity contribution in [3.05, 3.63) is 76.5 Å². The molecule has 23 heavy (non-hydrogen) atoms. The van der Waals surface area contributed by atoms with E-state index in [9.17, 15) is 14.0 Å². The van der Waals surface area contributed by atoms with E-state index in [2.05, 4.69) is 5.32 Å². The van der Waals surface area contributed by atoms with Gasteiger partial charge in [-0.3, -0.25) is 9.59 Å². The molecule has 4 nitrogen and oxygen atoms in total. The van der Waals surface area contributed by atoms with E-state index in [-0.39, 0.29) is 22.5 Å². The average molecular weight is 310 g/mol. The van der Waals surface area contributed by atoms with Crippen molar-refractivity contribution in [3.8, 4) is 0 Å². The number of rotatable bonds is 3. The summed E-state index contributed by atoms with van der Waals surface area (Å²) >= 11 is 0. The molecule has 0 atom stereocenters. The SMILES string of the molecule is CCn1c(C(=O)Nc2ccccc2)cc2ccc(F)cc2c1=O. The number of hydrogen-bond donors (Lipinski definition) is 1. The van der Waals surface area contributed by atoms with Gasteiger partial charge in [0.2, 0.25) is 0 Å². The Morgan fingerprint density at radius 3 is 2.57 bits per heavy atom. The molecule has 2 aromatic carbocycles. The number of pyridine rings is 1. The summed E-state index contributed by atoms with van der Waals surface area (Å²) in [6.45, 7) is 2.09. The second-order valence-electron chi connectivity index (χ2n) is 5.13. The molecule has 0 unspecified atom stereocenters. The lowest BCUT2D eigenvalue weighted by atomic mass is 10.1. The van der Waals surface area contributed by atoms with Gasteiger partial charge in [-0.05, 0) is 42.6 Å². The fourth-order valence-electron chi connectivity index (χ4n) is 2.54. The highest BCUT2D eigenvalue weighted by atomic mass is 19.1. The third kappa shape index (κ3) is 2.85. The molecule has 1 amide bonds. The predicted molar refractivity (Wildman–Crippen MR) is 88.2 cm³/mol. The monoisotopic (exact) mass is 310 g/mol. The molecule has 0 fully saturated rings. The Hall–Kier alpha value is -2.95. The second kappa shape index (κ2) is 6.04. The summed E-state index contributed by atoms with van der Waals surface area (Å²) in [6.07, 6.45) is 0. The van der Waals surface area contributed by atoms with Crippen LogP contribution in [0.4, 0.5) is 10.1 Å². The maximum atomic E-state index is 13.4. The molecule has 0 aliphatic rings. The van der Waals surface area contributed by atoms with Crippen molar-refractivity contribution in [3.63, 3.8) is 0 Å². The Bertz CT molecular complexity index is 933. The van der Waals surface area contributed by atoms with E-state index < -0.39 is 5.82 Å². The van der Waals surface area contributed by atoms with Crippen molar-refractivity contribution in [2.24, 2.45) is 0 Å². The van der Waals surface area contributed by atoms with E-state index in [0.29, 0.717) is 17.6 Å². The lowest BCUT2D eigenvalue weighted by Gasteiger charge is -2.13. The highest BCUT2D eigenvalue weighted by Gasteiger charge is 2.15. The van der Waals surface area contributed by atoms with Gasteiger partial charge in [-0.25, -0.2) is 4.39 Å². The molecular formula is C18H15FN2O2. The zero-order chi connectivity index (χ0) is 16.4. The smallest absolute Gasteiger partial charge is 0.272 e. The van der Waals surface area contributed by atoms with E-state index in [1.165, 1.54) is 22.8 Å². The number of nitrogens with zero attached hydrogens (tertiary/aromatic N) is 1. The van der Waals surface area contributed by atoms with Crippen LogP contribution in [0.15, 0.2) is 59.4 Å². The summed E-state index contributed by atoms with van der Waals surface area (Å²) in [6, 6.07) is 14.6. The van der Waals surface area contributed by atoms with Gasteiger partial charge in [0.05, 0.1) is 5.39 Å². The van der Waals surface area contributed by atoms with Crippen LogP contribution in [0.2, 0.25) is 0 Å². The van der Waals surface area contributed by atoms with Gasteiger partial charge in [0.25, 0.3) is 11.5 Å². The number of amides is 1. The van der Waals surface area contributed by atoms with Crippen molar-refractivity contribution in [2.75, 3.05) is 5.32 Å². The molecule has 0 saturated carbocycles. The minimum absolute atomic E-state index is 0.250. The van der Waals surface area contributed by atoms with Crippen LogP contribution in [0.3, 0.4) is 0 Å². The summed E-state index contributed by atoms with van der Waals surface area (Å²) in [5.74, 6) is -0.847. The zero-order valence-electron chi connectivity index (χ0n) is 12.5. The number of benzene rings is 2. The van der Waals surface area contributed by atoms with Crippen LogP contribution in [0.5, 0.6) is 0 Å². The Morgan fingerprint density at radius 1 is 1.13 bits per heavy atom. The number of nitrogens with one attached hydrogen (secondary N) is 1. The average Bonchev–Trinajstić information content (AvgIpc) is 2.56. The fraction of sp³-hybridized carbons (Fsp3) is 0.111. The Labute approximate surface area is 132 Å². The summed E-state index contributed by atoms with van der Waals surface area (Å²) in [5.41, 5.74) is 0.523. The number of halogens is 1. The van der Waals surface area contributed by atoms with Crippen LogP contribution in [-0.2, 0) is 6.54 Å². The normalized spacial score (nSPS) is 10.7. The van der Waals surface area contributed by atoms with Crippen molar-refractivity contribution < 1.29 is 9.18 Å². The third-order valence-electron chi connectivity index (χ3n) is 3.65. The van der Waals surface area contributed by atoms with Crippen molar-refractivity contribution in [2.45, 2.75) is 13.5 Å². The molecule has 3 aromatic rings. The first-order chi connectivity index (χ1) is 11.1. The Balaban J connectivity index is 2.11. The minimum Gasteiger partial charge on any atom is -0.321 e. The number of carbonyl (C=O) groups excluding carboxylic acids is 1. The fourth-order valence-corrected chi connectivity index (χ4v) is 2.54. The van der Waals surface area contributed by atoms with Crippen molar-refractivity contribution in [1.82, 2.24) is 4.57 Å². The van der Waals surface area contributed by atoms with Gasteiger partial charge in [0, 0.05) is 12.2 Å². The first-order valence-corrected chi connectivity index (χ1v) is 7.29. The highest BCUT2D eigenvalue weighted by Crippen LogP contribution is 2.15. The molecule has 1 N–H and O–H groups in total. The number of fused-ring (bicyclic) bond motifs is 1. The van der Waals surface area contributed by atoms with Gasteiger partial charge in [-0.1, -0.05) is 24.3 Å². The molecule has 0 aliphatic heterocycles. The van der Waals surface area contributed by atoms with Crippen molar-refractivity contribution >= 4 is 22.4 Å². The zero-order valence-corrected chi connectivity index (χ0v) is 12.5. The number of para-hydroxylation sites is 1. The Morgan fingerprint density at radius 2 is 1.87 bits per heavy atom. The van der Waals surface area contributed by atoms with Gasteiger partial charge in [0.15, 0.2) is 0 Å². The second-order valence-corrected chi connectivity index (χ2v) is 5.13. The molecule has 0 spiro atoms. The van der Waals surface area contributed by atoms with E-state index >= 15 is 0 Å². The largest absolute Gasteiger partial charge is 0.321 e. The molecular weight excluding hydrogens is 295 g/mol. The molecule has 1 aromatic heterocycles. The maximum absolute atomic E-state index is 13.4. The molecule has 0 aliphatic carbocycles. The molecule has 0 radical (unpaired) electrons. The van der Waals surface area contributed by atoms with E-state index in [0.717, 1.165) is 0 Å². The van der Waals surface area contributed by atoms with Crippen molar-refractivity contribution in [1.29, 1.82) is 0 Å². The summed E-state index contributed by atoms with van der Waals surface area (Å²) in [7, 11) is 0. The topological polar surface area (TPSA) is 51.1 Å². The lowest BCUT2D eigenvalue weighted by molar-refractivity contribution is 0.101. The Kier molecular flexibility index (Phi) is 3.93. The van der Waals surface area contributed by atoms with Crippen LogP contribution in [0.1, 0.15) is 17.4 Å². The van der Waals surface area contributed by atoms with Crippen LogP contribution >= 0.6 is 0 Å². The number of aromatic nitrogens is 1. The molecule has 1 heterocycles. The molecule has 3 rings (SSSR count). The van der Waals surface area contributed by atoms with Crippen LogP contribution in [-0.4, -0.2) is 10.5 Å².